The van der Waals surface area contributed by atoms with Gasteiger partial charge in [0.05, 0.1) is 6.61 Å². The van der Waals surface area contributed by atoms with Gasteiger partial charge in [0.1, 0.15) is 36.6 Å². The number of ether oxygens (including phenoxy) is 2. The van der Waals surface area contributed by atoms with Crippen molar-refractivity contribution in [3.8, 4) is 0 Å². The summed E-state index contributed by atoms with van der Waals surface area (Å²) in [4.78, 5) is 0. The molecule has 0 unspecified atom stereocenters. The summed E-state index contributed by atoms with van der Waals surface area (Å²) in [7, 11) is 1.21. The molecule has 1 heterocycles. The maximum absolute atomic E-state index is 9.59. The van der Waals surface area contributed by atoms with Gasteiger partial charge in [-0.1, -0.05) is 0 Å². The van der Waals surface area contributed by atoms with E-state index >= 15 is 0 Å². The fourth-order valence-electron chi connectivity index (χ4n) is 1.68. The van der Waals surface area contributed by atoms with Crippen molar-refractivity contribution in [3.05, 3.63) is 0 Å². The minimum atomic E-state index is -1.62. The summed E-state index contributed by atoms with van der Waals surface area (Å²) in [6.45, 7) is -0.732. The third kappa shape index (κ3) is 2.92. The molecule has 0 aliphatic carbocycles. The van der Waals surface area contributed by atoms with Crippen LogP contribution in [0.3, 0.4) is 0 Å². The first-order valence-corrected chi connectivity index (χ1v) is 5.13. The molecule has 1 aliphatic heterocycles. The van der Waals surface area contributed by atoms with Crippen LogP contribution in [0.15, 0.2) is 0 Å². The summed E-state index contributed by atoms with van der Waals surface area (Å²) >= 11 is 0. The predicted octanol–water partition coefficient (Wildman–Crippen LogP) is -3.85. The molecule has 1 saturated heterocycles. The Bertz CT molecular complexity index is 231. The van der Waals surface area contributed by atoms with Crippen molar-refractivity contribution in [2.75, 3.05) is 13.7 Å². The summed E-state index contributed by atoms with van der Waals surface area (Å²) in [5.74, 6) is 0. The number of aliphatic hydroxyl groups is 6. The maximum atomic E-state index is 9.59. The molecule has 1 aliphatic rings. The third-order valence-corrected chi connectivity index (χ3v) is 2.76. The predicted molar refractivity (Wildman–Crippen MR) is 52.8 cm³/mol. The van der Waals surface area contributed by atoms with Crippen LogP contribution in [0.5, 0.6) is 0 Å². The second-order valence-corrected chi connectivity index (χ2v) is 3.92. The molecule has 17 heavy (non-hydrogen) atoms. The molecule has 0 radical (unpaired) electrons. The largest absolute Gasteiger partial charge is 0.394 e. The van der Waals surface area contributed by atoms with E-state index in [2.05, 4.69) is 0 Å². The van der Waals surface area contributed by atoms with E-state index in [1.807, 2.05) is 0 Å². The van der Waals surface area contributed by atoms with Crippen molar-refractivity contribution < 1.29 is 40.1 Å². The average molecular weight is 254 g/mol. The van der Waals surface area contributed by atoms with Crippen molar-refractivity contribution in [2.24, 2.45) is 0 Å². The summed E-state index contributed by atoms with van der Waals surface area (Å²) in [6, 6.07) is 0. The van der Waals surface area contributed by atoms with Crippen molar-refractivity contribution >= 4 is 0 Å². The topological polar surface area (TPSA) is 140 Å². The summed E-state index contributed by atoms with van der Waals surface area (Å²) in [5, 5.41) is 56.0. The van der Waals surface area contributed by atoms with Crippen molar-refractivity contribution in [1.82, 2.24) is 0 Å². The van der Waals surface area contributed by atoms with Crippen LogP contribution in [-0.4, -0.2) is 87.3 Å². The molecule has 1 fully saturated rings. The Morgan fingerprint density at radius 2 is 1.71 bits per heavy atom. The first kappa shape index (κ1) is 14.7. The van der Waals surface area contributed by atoms with Gasteiger partial charge in [0.25, 0.3) is 0 Å². The Morgan fingerprint density at radius 1 is 1.12 bits per heavy atom. The molecular formula is C9H18O8. The average Bonchev–Trinajstić information content (AvgIpc) is 2.34. The Hall–Kier alpha value is -0.320. The molecule has 0 bridgehead atoms. The molecule has 0 saturated carbocycles. The highest BCUT2D eigenvalue weighted by molar-refractivity contribution is 4.94. The molecule has 8 heteroatoms. The highest BCUT2D eigenvalue weighted by Gasteiger charge is 2.47. The molecule has 0 aromatic rings. The van der Waals surface area contributed by atoms with Gasteiger partial charge in [-0.15, -0.1) is 0 Å². The van der Waals surface area contributed by atoms with Gasteiger partial charge in [-0.3, -0.25) is 0 Å². The molecule has 0 aromatic carbocycles. The Morgan fingerprint density at radius 3 is 2.18 bits per heavy atom. The number of methoxy groups -OCH3 is 1. The standard InChI is InChI=1S/C9H18O8/c1-16-9-7(15)5(13)6(14)8(17-9)4(12)3(11)2-10/h3-15H,2H2,1H3/t3-,4-,5-,6+,7+,8+,9-/m1/s1. The van der Waals surface area contributed by atoms with Crippen molar-refractivity contribution in [1.29, 1.82) is 0 Å². The van der Waals surface area contributed by atoms with E-state index in [0.717, 1.165) is 0 Å². The van der Waals surface area contributed by atoms with Gasteiger partial charge in [0.2, 0.25) is 0 Å². The molecule has 0 spiro atoms. The van der Waals surface area contributed by atoms with Gasteiger partial charge < -0.3 is 40.1 Å². The lowest BCUT2D eigenvalue weighted by molar-refractivity contribution is -0.309. The van der Waals surface area contributed by atoms with Crippen LogP contribution < -0.4 is 0 Å². The van der Waals surface area contributed by atoms with E-state index < -0.39 is 49.5 Å². The van der Waals surface area contributed by atoms with Gasteiger partial charge in [-0.05, 0) is 0 Å². The molecule has 0 aromatic heterocycles. The highest BCUT2D eigenvalue weighted by atomic mass is 16.7. The van der Waals surface area contributed by atoms with Crippen LogP contribution in [0, 0.1) is 0 Å². The van der Waals surface area contributed by atoms with E-state index in [1.165, 1.54) is 7.11 Å². The molecule has 1 rings (SSSR count). The van der Waals surface area contributed by atoms with Gasteiger partial charge >= 0.3 is 0 Å². The fourth-order valence-corrected chi connectivity index (χ4v) is 1.68. The molecule has 7 atom stereocenters. The molecule has 6 N–H and O–H groups in total. The SMILES string of the molecule is CO[C@@H]1O[C@@H]([C@H](O)[C@H](O)CO)[C@@H](O)[C@@H](O)[C@@H]1O. The van der Waals surface area contributed by atoms with Gasteiger partial charge in [-0.2, -0.15) is 0 Å². The number of hydrogen-bond acceptors (Lipinski definition) is 8. The van der Waals surface area contributed by atoms with Gasteiger partial charge in [0.15, 0.2) is 6.29 Å². The van der Waals surface area contributed by atoms with E-state index in [-0.39, 0.29) is 0 Å². The zero-order valence-corrected chi connectivity index (χ0v) is 9.25. The van der Waals surface area contributed by atoms with Crippen LogP contribution in [-0.2, 0) is 9.47 Å². The van der Waals surface area contributed by atoms with Crippen LogP contribution in [0.25, 0.3) is 0 Å². The number of rotatable bonds is 4. The van der Waals surface area contributed by atoms with Crippen molar-refractivity contribution in [3.63, 3.8) is 0 Å². The van der Waals surface area contributed by atoms with E-state index in [0.29, 0.717) is 0 Å². The maximum Gasteiger partial charge on any atom is 0.186 e. The lowest BCUT2D eigenvalue weighted by Crippen LogP contribution is -2.62. The minimum absolute atomic E-state index is 0.732. The van der Waals surface area contributed by atoms with E-state index in [4.69, 9.17) is 14.6 Å². The molecule has 102 valence electrons. The van der Waals surface area contributed by atoms with Crippen molar-refractivity contribution in [2.45, 2.75) is 42.9 Å². The Labute approximate surface area is 97.6 Å². The third-order valence-electron chi connectivity index (χ3n) is 2.76. The smallest absolute Gasteiger partial charge is 0.186 e. The zero-order chi connectivity index (χ0) is 13.2. The molecule has 8 nitrogen and oxygen atoms in total. The fraction of sp³-hybridized carbons (Fsp3) is 1.00. The zero-order valence-electron chi connectivity index (χ0n) is 9.25. The number of aliphatic hydroxyl groups excluding tert-OH is 6. The lowest BCUT2D eigenvalue weighted by Gasteiger charge is -2.42. The minimum Gasteiger partial charge on any atom is -0.394 e. The molecule has 0 amide bonds. The van der Waals surface area contributed by atoms with Crippen LogP contribution in [0.4, 0.5) is 0 Å². The van der Waals surface area contributed by atoms with E-state index in [9.17, 15) is 25.5 Å². The Balaban J connectivity index is 2.78. The monoisotopic (exact) mass is 254 g/mol. The second-order valence-electron chi connectivity index (χ2n) is 3.92. The first-order chi connectivity index (χ1) is 7.93. The molecular weight excluding hydrogens is 236 g/mol. The van der Waals surface area contributed by atoms with Crippen LogP contribution in [0.2, 0.25) is 0 Å². The van der Waals surface area contributed by atoms with Crippen LogP contribution in [0.1, 0.15) is 0 Å². The normalized spacial score (nSPS) is 42.2. The van der Waals surface area contributed by atoms with Gasteiger partial charge in [0, 0.05) is 7.11 Å². The van der Waals surface area contributed by atoms with E-state index in [1.54, 1.807) is 0 Å². The number of hydrogen-bond donors (Lipinski definition) is 6. The lowest BCUT2D eigenvalue weighted by atomic mass is 9.93. The van der Waals surface area contributed by atoms with Gasteiger partial charge in [-0.25, -0.2) is 0 Å². The summed E-state index contributed by atoms with van der Waals surface area (Å²) < 4.78 is 9.73. The second kappa shape index (κ2) is 6.03. The van der Waals surface area contributed by atoms with Crippen LogP contribution >= 0.6 is 0 Å². The Kier molecular flexibility index (Phi) is 5.22. The quantitative estimate of drug-likeness (QED) is 0.300. The summed E-state index contributed by atoms with van der Waals surface area (Å²) in [6.07, 6.45) is -10.4. The summed E-state index contributed by atoms with van der Waals surface area (Å²) in [5.41, 5.74) is 0. The first-order valence-electron chi connectivity index (χ1n) is 5.13. The highest BCUT2D eigenvalue weighted by Crippen LogP contribution is 2.24.